The maximum atomic E-state index is 3.82. The molecule has 0 N–H and O–H groups in total. The third-order valence-corrected chi connectivity index (χ3v) is 11.0. The summed E-state index contributed by atoms with van der Waals surface area (Å²) in [6.45, 7) is 0. The summed E-state index contributed by atoms with van der Waals surface area (Å²) in [6.07, 6.45) is 9.21. The minimum absolute atomic E-state index is 0.673. The second-order valence-corrected chi connectivity index (χ2v) is 12.7. The Balaban J connectivity index is 1.49. The summed E-state index contributed by atoms with van der Waals surface area (Å²) in [5, 5.41) is 0. The van der Waals surface area contributed by atoms with Crippen LogP contribution in [0.5, 0.6) is 0 Å². The zero-order valence-corrected chi connectivity index (χ0v) is 18.8. The summed E-state index contributed by atoms with van der Waals surface area (Å²) in [6, 6.07) is 4.72. The minimum atomic E-state index is 0.673. The van der Waals surface area contributed by atoms with E-state index < -0.39 is 0 Å². The lowest BCUT2D eigenvalue weighted by atomic mass is 9.45. The van der Waals surface area contributed by atoms with Gasteiger partial charge in [-0.3, -0.25) is 0 Å². The largest absolute Gasteiger partial charge is 0.157 e. The normalized spacial score (nSPS) is 40.9. The number of hydrogen-bond donors (Lipinski definition) is 0. The van der Waals surface area contributed by atoms with Crippen LogP contribution < -0.4 is 0 Å². The fourth-order valence-corrected chi connectivity index (χ4v) is 10.7. The Hall–Kier alpha value is 0.880. The van der Waals surface area contributed by atoms with Crippen molar-refractivity contribution in [3.63, 3.8) is 0 Å². The molecule has 0 saturated heterocycles. The lowest BCUT2D eigenvalue weighted by molar-refractivity contribution is -0.0870. The van der Waals surface area contributed by atoms with Gasteiger partial charge in [0.05, 0.1) is 0 Å². The SMILES string of the molecule is Brc1cc2c(Br)cc1CSCC13CC4CC(C1)CC(CSC2)(C4)C3. The average molecular weight is 488 g/mol. The fourth-order valence-electron chi connectivity index (χ4n) is 6.59. The van der Waals surface area contributed by atoms with Crippen molar-refractivity contribution in [1.29, 1.82) is 0 Å². The summed E-state index contributed by atoms with van der Waals surface area (Å²) >= 11 is 12.0. The number of fused-ring (bicyclic) bond motifs is 6. The van der Waals surface area contributed by atoms with E-state index in [1.165, 1.54) is 63.7 Å². The van der Waals surface area contributed by atoms with Crippen LogP contribution >= 0.6 is 55.4 Å². The quantitative estimate of drug-likeness (QED) is 0.377. The molecule has 6 aliphatic rings. The maximum Gasteiger partial charge on any atom is 0.0219 e. The number of hydrogen-bond acceptors (Lipinski definition) is 2. The molecular weight excluding hydrogens is 464 g/mol. The van der Waals surface area contributed by atoms with E-state index in [0.29, 0.717) is 10.8 Å². The predicted octanol–water partition coefficient (Wildman–Crippen LogP) is 7.28. The summed E-state index contributed by atoms with van der Waals surface area (Å²) in [4.78, 5) is 0. The smallest absolute Gasteiger partial charge is 0.0219 e. The zero-order chi connectivity index (χ0) is 16.4. The summed E-state index contributed by atoms with van der Waals surface area (Å²) in [5.41, 5.74) is 4.26. The first-order chi connectivity index (χ1) is 11.5. The molecular formula is C20H24Br2S2. The number of halogens is 2. The Labute approximate surface area is 170 Å². The van der Waals surface area contributed by atoms with Gasteiger partial charge in [0.25, 0.3) is 0 Å². The van der Waals surface area contributed by atoms with Crippen LogP contribution in [0.15, 0.2) is 21.1 Å². The Morgan fingerprint density at radius 2 is 1.25 bits per heavy atom. The Morgan fingerprint density at radius 1 is 0.792 bits per heavy atom. The molecule has 1 aromatic carbocycles. The van der Waals surface area contributed by atoms with Gasteiger partial charge in [0.15, 0.2) is 0 Å². The number of benzene rings is 1. The van der Waals surface area contributed by atoms with Gasteiger partial charge in [0, 0.05) is 20.5 Å². The lowest BCUT2D eigenvalue weighted by Gasteiger charge is -2.62. The van der Waals surface area contributed by atoms with E-state index in [4.69, 9.17) is 0 Å². The molecule has 0 unspecified atom stereocenters. The predicted molar refractivity (Wildman–Crippen MR) is 114 cm³/mol. The summed E-state index contributed by atoms with van der Waals surface area (Å²) in [5.74, 6) is 7.16. The third-order valence-electron chi connectivity index (χ3n) is 6.85. The monoisotopic (exact) mass is 486 g/mol. The van der Waals surface area contributed by atoms with Gasteiger partial charge in [-0.2, -0.15) is 23.5 Å². The first kappa shape index (κ1) is 17.0. The van der Waals surface area contributed by atoms with Crippen molar-refractivity contribution in [3.05, 3.63) is 32.2 Å². The molecule has 0 aromatic heterocycles. The van der Waals surface area contributed by atoms with E-state index in [9.17, 15) is 0 Å². The van der Waals surface area contributed by atoms with Crippen LogP contribution in [0.4, 0.5) is 0 Å². The molecule has 7 rings (SSSR count). The van der Waals surface area contributed by atoms with E-state index in [1.54, 1.807) is 6.42 Å². The molecule has 4 heteroatoms. The standard InChI is InChI=1S/C20H24Br2S2/c21-17-2-15-8-23-11-19-4-13-1-14(5-19)7-20(6-13,10-19)12-24-9-16(17)3-18(15)22/h2-3,13-14H,1,4-12H2. The van der Waals surface area contributed by atoms with Crippen molar-refractivity contribution in [2.45, 2.75) is 50.0 Å². The molecule has 1 aromatic rings. The van der Waals surface area contributed by atoms with E-state index in [1.807, 2.05) is 0 Å². The van der Waals surface area contributed by atoms with Crippen molar-refractivity contribution < 1.29 is 0 Å². The molecule has 4 fully saturated rings. The van der Waals surface area contributed by atoms with Crippen LogP contribution in [0.1, 0.15) is 49.7 Å². The van der Waals surface area contributed by atoms with Gasteiger partial charge in [-0.25, -0.2) is 0 Å². The first-order valence-electron chi connectivity index (χ1n) is 9.17. The molecule has 0 nitrogen and oxygen atoms in total. The van der Waals surface area contributed by atoms with Gasteiger partial charge >= 0.3 is 0 Å². The van der Waals surface area contributed by atoms with E-state index >= 15 is 0 Å². The average Bonchev–Trinajstić information content (AvgIpc) is 2.50. The maximum absolute atomic E-state index is 3.82. The van der Waals surface area contributed by atoms with Crippen molar-refractivity contribution in [3.8, 4) is 0 Å². The molecule has 0 atom stereocenters. The van der Waals surface area contributed by atoms with Gasteiger partial charge in [-0.15, -0.1) is 0 Å². The highest BCUT2D eigenvalue weighted by Crippen LogP contribution is 2.66. The van der Waals surface area contributed by atoms with E-state index in [0.717, 1.165) is 23.3 Å². The Morgan fingerprint density at radius 3 is 1.71 bits per heavy atom. The van der Waals surface area contributed by atoms with Gasteiger partial charge < -0.3 is 0 Å². The molecule has 4 aliphatic carbocycles. The molecule has 4 saturated carbocycles. The van der Waals surface area contributed by atoms with Crippen molar-refractivity contribution in [2.24, 2.45) is 22.7 Å². The molecule has 2 spiro atoms. The van der Waals surface area contributed by atoms with Crippen LogP contribution in [0.25, 0.3) is 0 Å². The number of rotatable bonds is 0. The Kier molecular flexibility index (Phi) is 4.40. The van der Waals surface area contributed by atoms with Crippen LogP contribution in [-0.4, -0.2) is 11.5 Å². The highest BCUT2D eigenvalue weighted by Gasteiger charge is 2.57. The molecule has 0 radical (unpaired) electrons. The van der Waals surface area contributed by atoms with Crippen LogP contribution in [0, 0.1) is 22.7 Å². The molecule has 0 amide bonds. The van der Waals surface area contributed by atoms with Crippen molar-refractivity contribution in [1.82, 2.24) is 0 Å². The van der Waals surface area contributed by atoms with Gasteiger partial charge in [0.2, 0.25) is 0 Å². The highest BCUT2D eigenvalue weighted by atomic mass is 79.9. The highest BCUT2D eigenvalue weighted by molar-refractivity contribution is 9.11. The first-order valence-corrected chi connectivity index (χ1v) is 13.1. The summed E-state index contributed by atoms with van der Waals surface area (Å²) in [7, 11) is 0. The van der Waals surface area contributed by atoms with E-state index in [-0.39, 0.29) is 0 Å². The Bertz CT molecular complexity index is 604. The third kappa shape index (κ3) is 2.96. The zero-order valence-electron chi connectivity index (χ0n) is 14.0. The number of thioether (sulfide) groups is 2. The van der Waals surface area contributed by atoms with Crippen molar-refractivity contribution >= 4 is 55.4 Å². The molecule has 2 aliphatic heterocycles. The second kappa shape index (κ2) is 6.21. The molecule has 130 valence electrons. The van der Waals surface area contributed by atoms with Crippen LogP contribution in [0.3, 0.4) is 0 Å². The van der Waals surface area contributed by atoms with Crippen LogP contribution in [0.2, 0.25) is 0 Å². The van der Waals surface area contributed by atoms with Crippen LogP contribution in [-0.2, 0) is 11.5 Å². The topological polar surface area (TPSA) is 0 Å². The minimum Gasteiger partial charge on any atom is -0.157 e. The molecule has 6 bridgehead atoms. The van der Waals surface area contributed by atoms with E-state index in [2.05, 4.69) is 67.5 Å². The van der Waals surface area contributed by atoms with Crippen molar-refractivity contribution in [2.75, 3.05) is 11.5 Å². The second-order valence-electron chi connectivity index (χ2n) is 8.98. The summed E-state index contributed by atoms with van der Waals surface area (Å²) < 4.78 is 2.61. The fraction of sp³-hybridized carbons (Fsp3) is 0.700. The van der Waals surface area contributed by atoms with Gasteiger partial charge in [-0.1, -0.05) is 31.9 Å². The van der Waals surface area contributed by atoms with Gasteiger partial charge in [-0.05, 0) is 96.0 Å². The van der Waals surface area contributed by atoms with Gasteiger partial charge in [0.1, 0.15) is 0 Å². The molecule has 24 heavy (non-hydrogen) atoms. The molecule has 2 heterocycles. The lowest BCUT2D eigenvalue weighted by Crippen LogP contribution is -2.53.